The minimum Gasteiger partial charge on any atom is -0.444 e. The standard InChI is InChI=1S/C14H28N2O2S/c1-13(2,3)18-12(17)15-10-11-6-8-16(9-7-11)14(4,5)19/h11,19H,6-10H2,1-5H3,(H,15,17). The van der Waals surface area contributed by atoms with Crippen LogP contribution in [-0.2, 0) is 4.74 Å². The number of hydrogen-bond acceptors (Lipinski definition) is 4. The van der Waals surface area contributed by atoms with Gasteiger partial charge in [0.2, 0.25) is 0 Å². The van der Waals surface area contributed by atoms with Crippen molar-refractivity contribution in [2.45, 2.75) is 57.9 Å². The second-order valence-corrected chi connectivity index (χ2v) is 7.90. The molecule has 1 aliphatic heterocycles. The summed E-state index contributed by atoms with van der Waals surface area (Å²) in [5.41, 5.74) is -0.427. The van der Waals surface area contributed by atoms with Crippen LogP contribution in [0.3, 0.4) is 0 Å². The van der Waals surface area contributed by atoms with E-state index in [-0.39, 0.29) is 11.0 Å². The summed E-state index contributed by atoms with van der Waals surface area (Å²) in [7, 11) is 0. The van der Waals surface area contributed by atoms with Crippen LogP contribution in [0.15, 0.2) is 0 Å². The summed E-state index contributed by atoms with van der Waals surface area (Å²) in [6.45, 7) is 12.6. The van der Waals surface area contributed by atoms with Crippen molar-refractivity contribution in [1.29, 1.82) is 0 Å². The molecule has 1 saturated heterocycles. The summed E-state index contributed by atoms with van der Waals surface area (Å²) < 4.78 is 5.23. The number of nitrogens with one attached hydrogen (secondary N) is 1. The number of hydrogen-bond donors (Lipinski definition) is 2. The van der Waals surface area contributed by atoms with Gasteiger partial charge in [0.1, 0.15) is 5.60 Å². The van der Waals surface area contributed by atoms with Gasteiger partial charge in [-0.1, -0.05) is 0 Å². The highest BCUT2D eigenvalue weighted by Crippen LogP contribution is 2.26. The van der Waals surface area contributed by atoms with Gasteiger partial charge in [0.15, 0.2) is 0 Å². The molecule has 4 nitrogen and oxygen atoms in total. The fourth-order valence-electron chi connectivity index (χ4n) is 2.23. The maximum Gasteiger partial charge on any atom is 0.407 e. The summed E-state index contributed by atoms with van der Waals surface area (Å²) in [5, 5.41) is 2.86. The van der Waals surface area contributed by atoms with Gasteiger partial charge in [0, 0.05) is 6.54 Å². The van der Waals surface area contributed by atoms with Crippen LogP contribution < -0.4 is 5.32 Å². The monoisotopic (exact) mass is 288 g/mol. The highest BCUT2D eigenvalue weighted by Gasteiger charge is 2.28. The maximum absolute atomic E-state index is 11.6. The number of amides is 1. The molecule has 0 aromatic rings. The number of rotatable bonds is 3. The van der Waals surface area contributed by atoms with Crippen LogP contribution >= 0.6 is 12.6 Å². The molecule has 0 aromatic carbocycles. The normalized spacial score (nSPS) is 19.3. The molecule has 1 aliphatic rings. The van der Waals surface area contributed by atoms with Gasteiger partial charge < -0.3 is 10.1 Å². The van der Waals surface area contributed by atoms with Crippen LogP contribution in [0, 0.1) is 5.92 Å². The highest BCUT2D eigenvalue weighted by molar-refractivity contribution is 7.81. The predicted molar refractivity (Wildman–Crippen MR) is 81.6 cm³/mol. The smallest absolute Gasteiger partial charge is 0.407 e. The summed E-state index contributed by atoms with van der Waals surface area (Å²) in [6, 6.07) is 0. The van der Waals surface area contributed by atoms with Gasteiger partial charge in [-0.15, -0.1) is 0 Å². The maximum atomic E-state index is 11.6. The Labute approximate surface area is 122 Å². The van der Waals surface area contributed by atoms with Crippen LogP contribution in [0.4, 0.5) is 4.79 Å². The SMILES string of the molecule is CC(C)(C)OC(=O)NCC1CCN(C(C)(C)S)CC1. The summed E-state index contributed by atoms with van der Waals surface area (Å²) in [6.07, 6.45) is 1.88. The van der Waals surface area contributed by atoms with Crippen molar-refractivity contribution in [3.8, 4) is 0 Å². The number of alkyl carbamates (subject to hydrolysis) is 1. The van der Waals surface area contributed by atoms with Crippen molar-refractivity contribution >= 4 is 18.7 Å². The Morgan fingerprint density at radius 2 is 1.79 bits per heavy atom. The van der Waals surface area contributed by atoms with Gasteiger partial charge in [0.25, 0.3) is 0 Å². The van der Waals surface area contributed by atoms with Crippen LogP contribution in [0.2, 0.25) is 0 Å². The number of carbonyl (C=O) groups is 1. The second kappa shape index (κ2) is 6.35. The minimum atomic E-state index is -0.427. The van der Waals surface area contributed by atoms with Crippen molar-refractivity contribution in [3.05, 3.63) is 0 Å². The Kier molecular flexibility index (Phi) is 5.56. The van der Waals surface area contributed by atoms with Crippen molar-refractivity contribution in [2.24, 2.45) is 5.92 Å². The van der Waals surface area contributed by atoms with Crippen LogP contribution in [0.1, 0.15) is 47.5 Å². The Morgan fingerprint density at radius 1 is 1.26 bits per heavy atom. The lowest BCUT2D eigenvalue weighted by molar-refractivity contribution is 0.0504. The Bertz CT molecular complexity index is 300. The molecule has 0 radical (unpaired) electrons. The molecule has 0 spiro atoms. The van der Waals surface area contributed by atoms with E-state index >= 15 is 0 Å². The van der Waals surface area contributed by atoms with Gasteiger partial charge in [-0.05, 0) is 66.5 Å². The molecule has 1 fully saturated rings. The Hall–Kier alpha value is -0.420. The quantitative estimate of drug-likeness (QED) is 0.785. The zero-order valence-electron chi connectivity index (χ0n) is 12.8. The average molecular weight is 288 g/mol. The number of ether oxygens (including phenoxy) is 1. The van der Waals surface area contributed by atoms with Gasteiger partial charge >= 0.3 is 6.09 Å². The molecular formula is C14H28N2O2S. The Balaban J connectivity index is 2.25. The van der Waals surface area contributed by atoms with E-state index < -0.39 is 5.60 Å². The first kappa shape index (κ1) is 16.6. The van der Waals surface area contributed by atoms with E-state index in [1.54, 1.807) is 0 Å². The van der Waals surface area contributed by atoms with Crippen LogP contribution in [0.25, 0.3) is 0 Å². The molecule has 0 aliphatic carbocycles. The molecule has 1 heterocycles. The van der Waals surface area contributed by atoms with E-state index in [9.17, 15) is 4.79 Å². The Morgan fingerprint density at radius 3 is 2.21 bits per heavy atom. The molecule has 19 heavy (non-hydrogen) atoms. The number of likely N-dealkylation sites (tertiary alicyclic amines) is 1. The molecular weight excluding hydrogens is 260 g/mol. The average Bonchev–Trinajstić information content (AvgIpc) is 2.23. The molecule has 0 atom stereocenters. The van der Waals surface area contributed by atoms with Gasteiger partial charge in [-0.3, -0.25) is 4.90 Å². The first-order chi connectivity index (χ1) is 8.58. The lowest BCUT2D eigenvalue weighted by atomic mass is 9.96. The molecule has 1 rings (SSSR count). The van der Waals surface area contributed by atoms with Crippen LogP contribution in [-0.4, -0.2) is 41.1 Å². The number of thiol groups is 1. The molecule has 0 unspecified atom stereocenters. The van der Waals surface area contributed by atoms with Gasteiger partial charge in [-0.2, -0.15) is 12.6 Å². The molecule has 5 heteroatoms. The zero-order valence-corrected chi connectivity index (χ0v) is 13.7. The number of piperidine rings is 1. The fraction of sp³-hybridized carbons (Fsp3) is 0.929. The van der Waals surface area contributed by atoms with Crippen molar-refractivity contribution in [1.82, 2.24) is 10.2 Å². The number of nitrogens with zero attached hydrogens (tertiary/aromatic N) is 1. The predicted octanol–water partition coefficient (Wildman–Crippen LogP) is 2.89. The summed E-state index contributed by atoms with van der Waals surface area (Å²) >= 11 is 4.60. The third-order valence-electron chi connectivity index (χ3n) is 3.32. The molecule has 1 amide bonds. The molecule has 0 aromatic heterocycles. The van der Waals surface area contributed by atoms with Crippen molar-refractivity contribution in [3.63, 3.8) is 0 Å². The van der Waals surface area contributed by atoms with Gasteiger partial charge in [-0.25, -0.2) is 4.79 Å². The van der Waals surface area contributed by atoms with E-state index in [0.717, 1.165) is 25.9 Å². The topological polar surface area (TPSA) is 41.6 Å². The second-order valence-electron chi connectivity index (χ2n) is 6.81. The minimum absolute atomic E-state index is 0.0520. The van der Waals surface area contributed by atoms with Gasteiger partial charge in [0.05, 0.1) is 4.87 Å². The van der Waals surface area contributed by atoms with Crippen LogP contribution in [0.5, 0.6) is 0 Å². The van der Waals surface area contributed by atoms with E-state index in [0.29, 0.717) is 12.5 Å². The van der Waals surface area contributed by atoms with E-state index in [1.807, 2.05) is 20.8 Å². The third kappa shape index (κ3) is 6.52. The largest absolute Gasteiger partial charge is 0.444 e. The zero-order chi connectivity index (χ0) is 14.7. The summed E-state index contributed by atoms with van der Waals surface area (Å²) in [4.78, 5) is 13.9. The van der Waals surface area contributed by atoms with E-state index in [1.165, 1.54) is 0 Å². The molecule has 0 bridgehead atoms. The molecule has 0 saturated carbocycles. The van der Waals surface area contributed by atoms with Crippen molar-refractivity contribution in [2.75, 3.05) is 19.6 Å². The highest BCUT2D eigenvalue weighted by atomic mass is 32.1. The third-order valence-corrected chi connectivity index (χ3v) is 3.61. The first-order valence-electron chi connectivity index (χ1n) is 7.02. The van der Waals surface area contributed by atoms with E-state index in [2.05, 4.69) is 36.7 Å². The number of carbonyl (C=O) groups excluding carboxylic acids is 1. The lowest BCUT2D eigenvalue weighted by Gasteiger charge is -2.40. The summed E-state index contributed by atoms with van der Waals surface area (Å²) in [5.74, 6) is 0.541. The van der Waals surface area contributed by atoms with Crippen molar-refractivity contribution < 1.29 is 9.53 Å². The first-order valence-corrected chi connectivity index (χ1v) is 7.47. The fourth-order valence-corrected chi connectivity index (χ4v) is 2.43. The van der Waals surface area contributed by atoms with E-state index in [4.69, 9.17) is 4.74 Å². The molecule has 112 valence electrons. The molecule has 1 N–H and O–H groups in total. The lowest BCUT2D eigenvalue weighted by Crippen LogP contribution is -2.46.